The first-order chi connectivity index (χ1) is 28.6. The lowest BCUT2D eigenvalue weighted by atomic mass is 9.32. The molecule has 8 fully saturated rings. The predicted octanol–water partition coefficient (Wildman–Crippen LogP) is 9.65. The highest BCUT2D eigenvalue weighted by molar-refractivity contribution is 7.91. The average molecular weight is 861 g/mol. The molecule has 0 aromatic heterocycles. The fourth-order valence-corrected chi connectivity index (χ4v) is 18.1. The number of ether oxygens (including phenoxy) is 2. The van der Waals surface area contributed by atoms with Gasteiger partial charge in [0.2, 0.25) is 0 Å². The molecule has 0 radical (unpaired) electrons. The molecule has 0 spiro atoms. The van der Waals surface area contributed by atoms with E-state index in [9.17, 15) is 18.0 Å². The number of nitrogens with zero attached hydrogens (tertiary/aromatic N) is 1. The van der Waals surface area contributed by atoms with Crippen molar-refractivity contribution in [2.45, 2.75) is 170 Å². The standard InChI is InChI=1S/C52H80N2O6S/c1-34(54-27-29-61(57,58)30-28-54)32-53-52-22-17-36(48(6)23-24-48)43(52)37-15-16-41-49(7)20-19-42(47(4,5)40(49)18-21-51(41,9)50(37,8)25-26-52)60-45(56)39-31-38(46(39,2)3)44(55)59-33-35-13-11-10-12-14-35/h10-14,34,36-43,53H,15-33H2,1-9H3/t34-,36+,37+,38-,39+,40-,41+,42-,43+,49-,50+,51?,52?/m0/s1. The molecule has 0 amide bonds. The lowest BCUT2D eigenvalue weighted by Crippen LogP contribution is -2.69. The van der Waals surface area contributed by atoms with Crippen molar-refractivity contribution in [1.82, 2.24) is 10.2 Å². The van der Waals surface area contributed by atoms with Crippen LogP contribution < -0.4 is 5.32 Å². The molecule has 1 aromatic carbocycles. The van der Waals surface area contributed by atoms with Crippen LogP contribution in [0.5, 0.6) is 0 Å². The van der Waals surface area contributed by atoms with Gasteiger partial charge in [-0.3, -0.25) is 14.5 Å². The second-order valence-corrected chi connectivity index (χ2v) is 26.9. The number of benzene rings is 1. The molecule has 7 aliphatic carbocycles. The van der Waals surface area contributed by atoms with Gasteiger partial charge in [0.05, 0.1) is 23.3 Å². The van der Waals surface area contributed by atoms with Gasteiger partial charge in [-0.05, 0) is 153 Å². The van der Waals surface area contributed by atoms with Crippen LogP contribution in [0.2, 0.25) is 0 Å². The Morgan fingerprint density at radius 3 is 2.10 bits per heavy atom. The maximum atomic E-state index is 14.1. The fourth-order valence-electron chi connectivity index (χ4n) is 16.9. The van der Waals surface area contributed by atoms with Gasteiger partial charge in [0.15, 0.2) is 9.84 Å². The Bertz CT molecular complexity index is 1950. The van der Waals surface area contributed by atoms with E-state index in [2.05, 4.69) is 58.7 Å². The second kappa shape index (κ2) is 15.0. The van der Waals surface area contributed by atoms with Crippen molar-refractivity contribution >= 4 is 21.8 Å². The molecule has 61 heavy (non-hydrogen) atoms. The van der Waals surface area contributed by atoms with Crippen molar-refractivity contribution in [2.24, 2.45) is 73.9 Å². The number of esters is 2. The van der Waals surface area contributed by atoms with E-state index in [-0.39, 0.29) is 63.7 Å². The van der Waals surface area contributed by atoms with E-state index in [1.807, 2.05) is 44.2 Å². The Balaban J connectivity index is 0.882. The highest BCUT2D eigenvalue weighted by Crippen LogP contribution is 2.78. The first-order valence-electron chi connectivity index (χ1n) is 24.7. The number of hydrogen-bond donors (Lipinski definition) is 1. The maximum Gasteiger partial charge on any atom is 0.309 e. The highest BCUT2D eigenvalue weighted by atomic mass is 32.2. The molecule has 340 valence electrons. The Hall–Kier alpha value is -1.97. The molecule has 2 unspecified atom stereocenters. The van der Waals surface area contributed by atoms with Gasteiger partial charge >= 0.3 is 11.9 Å². The average Bonchev–Trinajstić information content (AvgIpc) is 3.83. The third kappa shape index (κ3) is 7.03. The molecule has 9 rings (SSSR count). The summed E-state index contributed by atoms with van der Waals surface area (Å²) in [6, 6.07) is 10.1. The number of hydrogen-bond acceptors (Lipinski definition) is 8. The molecule has 1 saturated heterocycles. The minimum absolute atomic E-state index is 0.120. The van der Waals surface area contributed by atoms with Crippen LogP contribution in [0.3, 0.4) is 0 Å². The SMILES string of the molecule is C[C@@H](CNC12CC[C@@H](C3(C)CC3)[C@@H]1[C@H]1CC[C@H]3C(C)(CC[C@H]4C(C)(C)[C@@H](OC(=O)[C@H]5C[C@@H](C(=O)OCc6ccccc6)C5(C)C)CC[C@@]43C)[C@]1(C)CC2)N1CCS(=O)(=O)CC1. The van der Waals surface area contributed by atoms with Gasteiger partial charge < -0.3 is 14.8 Å². The zero-order valence-corrected chi connectivity index (χ0v) is 40.1. The van der Waals surface area contributed by atoms with Gasteiger partial charge in [-0.25, -0.2) is 8.42 Å². The molecule has 1 N–H and O–H groups in total. The summed E-state index contributed by atoms with van der Waals surface area (Å²) in [4.78, 5) is 29.7. The lowest BCUT2D eigenvalue weighted by molar-refractivity contribution is -0.250. The summed E-state index contributed by atoms with van der Waals surface area (Å²) in [5.41, 5.74) is 1.74. The van der Waals surface area contributed by atoms with E-state index in [1.165, 1.54) is 64.2 Å². The van der Waals surface area contributed by atoms with Crippen LogP contribution in [-0.2, 0) is 35.5 Å². The van der Waals surface area contributed by atoms with Crippen LogP contribution in [0, 0.1) is 73.9 Å². The van der Waals surface area contributed by atoms with Crippen molar-refractivity contribution in [1.29, 1.82) is 0 Å². The van der Waals surface area contributed by atoms with Gasteiger partial charge in [0.1, 0.15) is 12.7 Å². The lowest BCUT2D eigenvalue weighted by Gasteiger charge is -2.73. The van der Waals surface area contributed by atoms with E-state index in [0.29, 0.717) is 66.1 Å². The minimum atomic E-state index is -2.89. The van der Waals surface area contributed by atoms with Crippen molar-refractivity contribution in [2.75, 3.05) is 31.1 Å². The third-order valence-electron chi connectivity index (χ3n) is 21.4. The topological polar surface area (TPSA) is 102 Å². The van der Waals surface area contributed by atoms with E-state index in [0.717, 1.165) is 30.9 Å². The van der Waals surface area contributed by atoms with Crippen LogP contribution >= 0.6 is 0 Å². The smallest absolute Gasteiger partial charge is 0.309 e. The fraction of sp³-hybridized carbons (Fsp3) is 0.846. The monoisotopic (exact) mass is 861 g/mol. The van der Waals surface area contributed by atoms with E-state index in [4.69, 9.17) is 9.47 Å². The Morgan fingerprint density at radius 2 is 1.43 bits per heavy atom. The van der Waals surface area contributed by atoms with Crippen LogP contribution in [0.1, 0.15) is 151 Å². The van der Waals surface area contributed by atoms with Gasteiger partial charge in [-0.15, -0.1) is 0 Å². The number of fused-ring (bicyclic) bond motifs is 7. The summed E-state index contributed by atoms with van der Waals surface area (Å²) < 4.78 is 36.8. The summed E-state index contributed by atoms with van der Waals surface area (Å²) in [7, 11) is -2.89. The zero-order chi connectivity index (χ0) is 43.6. The quantitative estimate of drug-likeness (QED) is 0.232. The summed E-state index contributed by atoms with van der Waals surface area (Å²) in [5.74, 6) is 2.98. The van der Waals surface area contributed by atoms with Crippen LogP contribution in [0.25, 0.3) is 0 Å². The van der Waals surface area contributed by atoms with Gasteiger partial charge in [0, 0.05) is 36.6 Å². The summed E-state index contributed by atoms with van der Waals surface area (Å²) in [6.45, 7) is 24.5. The number of sulfone groups is 1. The van der Waals surface area contributed by atoms with E-state index < -0.39 is 15.3 Å². The number of carbonyl (C=O) groups excluding carboxylic acids is 2. The summed E-state index contributed by atoms with van der Waals surface area (Å²) in [5, 5.41) is 4.35. The molecule has 1 heterocycles. The van der Waals surface area contributed by atoms with Crippen LogP contribution in [-0.4, -0.2) is 74.1 Å². The van der Waals surface area contributed by atoms with Gasteiger partial charge in [-0.1, -0.05) is 85.7 Å². The second-order valence-electron chi connectivity index (χ2n) is 24.6. The maximum absolute atomic E-state index is 14.1. The predicted molar refractivity (Wildman–Crippen MR) is 241 cm³/mol. The number of rotatable bonds is 10. The first kappa shape index (κ1) is 44.2. The Morgan fingerprint density at radius 1 is 0.738 bits per heavy atom. The molecule has 1 aromatic rings. The number of carbonyl (C=O) groups is 2. The summed E-state index contributed by atoms with van der Waals surface area (Å²) >= 11 is 0. The highest BCUT2D eigenvalue weighted by Gasteiger charge is 2.72. The van der Waals surface area contributed by atoms with Crippen molar-refractivity contribution in [3.8, 4) is 0 Å². The van der Waals surface area contributed by atoms with Crippen LogP contribution in [0.15, 0.2) is 30.3 Å². The molecular formula is C52H80N2O6S. The van der Waals surface area contributed by atoms with Gasteiger partial charge in [-0.2, -0.15) is 0 Å². The van der Waals surface area contributed by atoms with Crippen molar-refractivity contribution in [3.63, 3.8) is 0 Å². The van der Waals surface area contributed by atoms with E-state index >= 15 is 0 Å². The van der Waals surface area contributed by atoms with E-state index in [1.54, 1.807) is 0 Å². The molecule has 7 saturated carbocycles. The third-order valence-corrected chi connectivity index (χ3v) is 23.0. The van der Waals surface area contributed by atoms with Gasteiger partial charge in [0.25, 0.3) is 0 Å². The summed E-state index contributed by atoms with van der Waals surface area (Å²) in [6.07, 6.45) is 15.4. The molecule has 8 aliphatic rings. The molecule has 1 aliphatic heterocycles. The molecular weight excluding hydrogens is 781 g/mol. The molecule has 0 bridgehead atoms. The molecule has 13 atom stereocenters. The Labute approximate surface area is 369 Å². The Kier molecular flexibility index (Phi) is 10.9. The molecule has 8 nitrogen and oxygen atoms in total. The largest absolute Gasteiger partial charge is 0.462 e. The minimum Gasteiger partial charge on any atom is -0.462 e. The normalized spacial score (nSPS) is 44.5. The first-order valence-corrected chi connectivity index (χ1v) is 26.5. The molecule has 9 heteroatoms. The van der Waals surface area contributed by atoms with Crippen molar-refractivity contribution < 1.29 is 27.5 Å². The van der Waals surface area contributed by atoms with Crippen molar-refractivity contribution in [3.05, 3.63) is 35.9 Å². The number of nitrogens with one attached hydrogen (secondary N) is 1. The van der Waals surface area contributed by atoms with Crippen LogP contribution in [0.4, 0.5) is 0 Å². The zero-order valence-electron chi connectivity index (χ0n) is 39.3.